The number of esters is 1. The van der Waals surface area contributed by atoms with Gasteiger partial charge < -0.3 is 4.74 Å². The summed E-state index contributed by atoms with van der Waals surface area (Å²) in [4.78, 5) is 14.0. The highest BCUT2D eigenvalue weighted by Crippen LogP contribution is 2.21. The molecule has 0 bridgehead atoms. The van der Waals surface area contributed by atoms with Crippen LogP contribution in [-0.4, -0.2) is 30.1 Å². The third kappa shape index (κ3) is 3.33. The van der Waals surface area contributed by atoms with Gasteiger partial charge in [-0.25, -0.2) is 0 Å². The van der Waals surface area contributed by atoms with Crippen molar-refractivity contribution in [3.05, 3.63) is 35.4 Å². The molecule has 1 fully saturated rings. The van der Waals surface area contributed by atoms with E-state index < -0.39 is 0 Å². The van der Waals surface area contributed by atoms with Crippen LogP contribution in [0.25, 0.3) is 0 Å². The molecule has 100 valence electrons. The zero-order valence-corrected chi connectivity index (χ0v) is 11.1. The van der Waals surface area contributed by atoms with Crippen LogP contribution in [0.1, 0.15) is 30.9 Å². The summed E-state index contributed by atoms with van der Waals surface area (Å²) in [6, 6.07) is 9.50. The molecular weight excluding hydrogens is 240 g/mol. The van der Waals surface area contributed by atoms with E-state index in [0.717, 1.165) is 31.5 Å². The van der Waals surface area contributed by atoms with Gasteiger partial charge in [0.1, 0.15) is 6.04 Å². The van der Waals surface area contributed by atoms with Gasteiger partial charge in [0, 0.05) is 6.54 Å². The number of ether oxygens (including phenoxy) is 1. The molecule has 2 rings (SSSR count). The molecule has 1 aliphatic rings. The van der Waals surface area contributed by atoms with E-state index in [-0.39, 0.29) is 12.0 Å². The first-order valence-corrected chi connectivity index (χ1v) is 6.64. The Labute approximate surface area is 113 Å². The fourth-order valence-corrected chi connectivity index (χ4v) is 2.44. The van der Waals surface area contributed by atoms with Crippen LogP contribution < -0.4 is 0 Å². The van der Waals surface area contributed by atoms with E-state index in [0.29, 0.717) is 12.2 Å². The number of nitriles is 1. The largest absolute Gasteiger partial charge is 0.465 e. The molecule has 1 unspecified atom stereocenters. The summed E-state index contributed by atoms with van der Waals surface area (Å²) in [6.07, 6.45) is 1.90. The fraction of sp³-hybridized carbons (Fsp3) is 0.467. The molecule has 1 heterocycles. The Morgan fingerprint density at radius 1 is 1.47 bits per heavy atom. The first-order valence-electron chi connectivity index (χ1n) is 6.64. The van der Waals surface area contributed by atoms with E-state index in [1.165, 1.54) is 0 Å². The van der Waals surface area contributed by atoms with E-state index >= 15 is 0 Å². The molecule has 0 aromatic heterocycles. The lowest BCUT2D eigenvalue weighted by Gasteiger charge is -2.22. The molecule has 1 aromatic carbocycles. The van der Waals surface area contributed by atoms with Crippen molar-refractivity contribution in [1.82, 2.24) is 4.90 Å². The number of benzene rings is 1. The molecule has 0 amide bonds. The van der Waals surface area contributed by atoms with E-state index in [9.17, 15) is 4.79 Å². The first-order chi connectivity index (χ1) is 9.24. The second kappa shape index (κ2) is 6.35. The number of carbonyl (C=O) groups is 1. The highest BCUT2D eigenvalue weighted by Gasteiger charge is 2.31. The maximum Gasteiger partial charge on any atom is 0.323 e. The van der Waals surface area contributed by atoms with E-state index in [1.54, 1.807) is 0 Å². The summed E-state index contributed by atoms with van der Waals surface area (Å²) >= 11 is 0. The van der Waals surface area contributed by atoms with Crippen LogP contribution in [0.5, 0.6) is 0 Å². The number of rotatable bonds is 4. The van der Waals surface area contributed by atoms with E-state index in [4.69, 9.17) is 10.00 Å². The highest BCUT2D eigenvalue weighted by molar-refractivity contribution is 5.76. The number of likely N-dealkylation sites (tertiary alicyclic amines) is 1. The van der Waals surface area contributed by atoms with Crippen LogP contribution in [0.4, 0.5) is 0 Å². The van der Waals surface area contributed by atoms with Gasteiger partial charge in [0.25, 0.3) is 0 Å². The summed E-state index contributed by atoms with van der Waals surface area (Å²) in [7, 11) is 0. The second-order valence-electron chi connectivity index (χ2n) is 4.69. The van der Waals surface area contributed by atoms with Crippen molar-refractivity contribution in [3.8, 4) is 6.07 Å². The van der Waals surface area contributed by atoms with Gasteiger partial charge in [0.2, 0.25) is 0 Å². The summed E-state index contributed by atoms with van der Waals surface area (Å²) < 4.78 is 5.11. The van der Waals surface area contributed by atoms with Gasteiger partial charge in [0.15, 0.2) is 0 Å². The average Bonchev–Trinajstić information content (AvgIpc) is 2.88. The molecule has 0 N–H and O–H groups in total. The molecule has 0 spiro atoms. The third-order valence-electron chi connectivity index (χ3n) is 3.39. The molecule has 1 aliphatic heterocycles. The predicted molar refractivity (Wildman–Crippen MR) is 71.2 cm³/mol. The lowest BCUT2D eigenvalue weighted by molar-refractivity contribution is -0.148. The molecule has 0 aliphatic carbocycles. The Morgan fingerprint density at radius 2 is 2.21 bits per heavy atom. The summed E-state index contributed by atoms with van der Waals surface area (Å²) in [5.41, 5.74) is 1.78. The van der Waals surface area contributed by atoms with Gasteiger partial charge in [-0.3, -0.25) is 9.69 Å². The number of carbonyl (C=O) groups excluding carboxylic acids is 1. The van der Waals surface area contributed by atoms with Gasteiger partial charge in [-0.2, -0.15) is 5.26 Å². The molecule has 4 heteroatoms. The number of hydrogen-bond donors (Lipinski definition) is 0. The van der Waals surface area contributed by atoms with Crippen molar-refractivity contribution in [2.75, 3.05) is 13.2 Å². The summed E-state index contributed by atoms with van der Waals surface area (Å²) in [5.74, 6) is -0.117. The van der Waals surface area contributed by atoms with Crippen LogP contribution in [0, 0.1) is 11.3 Å². The maximum atomic E-state index is 11.8. The summed E-state index contributed by atoms with van der Waals surface area (Å²) in [5, 5.41) is 8.77. The van der Waals surface area contributed by atoms with Crippen molar-refractivity contribution in [3.63, 3.8) is 0 Å². The van der Waals surface area contributed by atoms with Crippen LogP contribution in [-0.2, 0) is 16.1 Å². The minimum Gasteiger partial charge on any atom is -0.465 e. The number of nitrogens with zero attached hydrogens (tertiary/aromatic N) is 2. The van der Waals surface area contributed by atoms with Crippen molar-refractivity contribution in [2.45, 2.75) is 32.4 Å². The SMILES string of the molecule is CCOC(=O)C1CCCN1Cc1ccc(C#N)cc1. The topological polar surface area (TPSA) is 53.3 Å². The van der Waals surface area contributed by atoms with Gasteiger partial charge in [0.05, 0.1) is 18.2 Å². The monoisotopic (exact) mass is 258 g/mol. The van der Waals surface area contributed by atoms with E-state index in [1.807, 2.05) is 31.2 Å². The predicted octanol–water partition coefficient (Wildman–Crippen LogP) is 2.09. The van der Waals surface area contributed by atoms with Crippen molar-refractivity contribution in [2.24, 2.45) is 0 Å². The molecule has 0 radical (unpaired) electrons. The van der Waals surface area contributed by atoms with E-state index in [2.05, 4.69) is 11.0 Å². The second-order valence-corrected chi connectivity index (χ2v) is 4.69. The van der Waals surface area contributed by atoms with Gasteiger partial charge >= 0.3 is 5.97 Å². The van der Waals surface area contributed by atoms with Crippen LogP contribution in [0.15, 0.2) is 24.3 Å². The van der Waals surface area contributed by atoms with Crippen molar-refractivity contribution >= 4 is 5.97 Å². The normalized spacial score (nSPS) is 19.1. The van der Waals surface area contributed by atoms with Gasteiger partial charge in [-0.15, -0.1) is 0 Å². The smallest absolute Gasteiger partial charge is 0.323 e. The fourth-order valence-electron chi connectivity index (χ4n) is 2.44. The minimum absolute atomic E-state index is 0.115. The van der Waals surface area contributed by atoms with Crippen molar-refractivity contribution < 1.29 is 9.53 Å². The first kappa shape index (κ1) is 13.6. The van der Waals surface area contributed by atoms with Crippen LogP contribution >= 0.6 is 0 Å². The quantitative estimate of drug-likeness (QED) is 0.776. The Morgan fingerprint density at radius 3 is 2.84 bits per heavy atom. The standard InChI is InChI=1S/C15H18N2O2/c1-2-19-15(18)14-4-3-9-17(14)11-13-7-5-12(10-16)6-8-13/h5-8,14H,2-4,9,11H2,1H3. The van der Waals surface area contributed by atoms with Crippen LogP contribution in [0.3, 0.4) is 0 Å². The molecule has 0 saturated carbocycles. The maximum absolute atomic E-state index is 11.8. The van der Waals surface area contributed by atoms with Gasteiger partial charge in [-0.05, 0) is 44.0 Å². The highest BCUT2D eigenvalue weighted by atomic mass is 16.5. The third-order valence-corrected chi connectivity index (χ3v) is 3.39. The van der Waals surface area contributed by atoms with Crippen LogP contribution in [0.2, 0.25) is 0 Å². The lowest BCUT2D eigenvalue weighted by Crippen LogP contribution is -2.36. The number of hydrogen-bond acceptors (Lipinski definition) is 4. The molecular formula is C15H18N2O2. The zero-order chi connectivity index (χ0) is 13.7. The van der Waals surface area contributed by atoms with Gasteiger partial charge in [-0.1, -0.05) is 12.1 Å². The lowest BCUT2D eigenvalue weighted by atomic mass is 10.1. The minimum atomic E-state index is -0.117. The average molecular weight is 258 g/mol. The Kier molecular flexibility index (Phi) is 4.53. The Balaban J connectivity index is 2.00. The zero-order valence-electron chi connectivity index (χ0n) is 11.1. The molecule has 1 saturated heterocycles. The molecule has 1 atom stereocenters. The molecule has 1 aromatic rings. The Hall–Kier alpha value is -1.86. The molecule has 4 nitrogen and oxygen atoms in total. The molecule has 19 heavy (non-hydrogen) atoms. The summed E-state index contributed by atoms with van der Waals surface area (Å²) in [6.45, 7) is 3.91. The Bertz CT molecular complexity index is 476. The van der Waals surface area contributed by atoms with Crippen molar-refractivity contribution in [1.29, 1.82) is 5.26 Å².